The van der Waals surface area contributed by atoms with Crippen molar-refractivity contribution < 1.29 is 0 Å². The number of aliphatic imine (C=N–C) groups is 2. The van der Waals surface area contributed by atoms with Gasteiger partial charge in [0, 0.05) is 17.0 Å². The third-order valence-electron chi connectivity index (χ3n) is 1.43. The maximum absolute atomic E-state index is 5.77. The first kappa shape index (κ1) is 11.3. The molecule has 1 rings (SSSR count). The highest BCUT2D eigenvalue weighted by molar-refractivity contribution is 8.13. The molecule has 1 aromatic carbocycles. The summed E-state index contributed by atoms with van der Waals surface area (Å²) in [7, 11) is 1.70. The molecule has 0 aliphatic carbocycles. The predicted octanol–water partition coefficient (Wildman–Crippen LogP) is 3.51. The topological polar surface area (TPSA) is 24.7 Å². The summed E-state index contributed by atoms with van der Waals surface area (Å²) in [6, 6.07) is 7.67. The van der Waals surface area contributed by atoms with Crippen molar-refractivity contribution in [3.63, 3.8) is 0 Å². The van der Waals surface area contributed by atoms with Gasteiger partial charge in [0.15, 0.2) is 0 Å². The molecule has 0 bridgehead atoms. The van der Waals surface area contributed by atoms with Crippen molar-refractivity contribution in [2.45, 2.75) is 11.8 Å². The molecule has 0 atom stereocenters. The van der Waals surface area contributed by atoms with Crippen LogP contribution in [0, 0.1) is 0 Å². The van der Waals surface area contributed by atoms with Gasteiger partial charge in [-0.3, -0.25) is 4.99 Å². The molecule has 0 N–H and O–H groups in total. The fourth-order valence-corrected chi connectivity index (χ4v) is 1.68. The zero-order valence-corrected chi connectivity index (χ0v) is 9.64. The Kier molecular flexibility index (Phi) is 4.70. The second-order valence-electron chi connectivity index (χ2n) is 2.58. The molecule has 74 valence electrons. The number of hydrogen-bond donors (Lipinski definition) is 0. The van der Waals surface area contributed by atoms with E-state index in [1.54, 1.807) is 18.8 Å². The Morgan fingerprint density at radius 2 is 2.00 bits per heavy atom. The summed E-state index contributed by atoms with van der Waals surface area (Å²) in [6.07, 6.45) is 1.54. The van der Waals surface area contributed by atoms with Crippen LogP contribution in [0.4, 0.5) is 0 Å². The van der Waals surface area contributed by atoms with Crippen LogP contribution in [0.5, 0.6) is 0 Å². The highest BCUT2D eigenvalue weighted by Gasteiger charge is 1.95. The maximum Gasteiger partial charge on any atom is 0.110 e. The van der Waals surface area contributed by atoms with E-state index in [1.165, 1.54) is 6.34 Å². The number of nitrogens with zero attached hydrogens (tertiary/aromatic N) is 2. The molecule has 2 nitrogen and oxygen atoms in total. The van der Waals surface area contributed by atoms with Crippen molar-refractivity contribution >= 4 is 34.7 Å². The molecule has 0 unspecified atom stereocenters. The lowest BCUT2D eigenvalue weighted by Crippen LogP contribution is -1.84. The first-order chi connectivity index (χ1) is 6.72. The normalized spacial score (nSPS) is 12.4. The van der Waals surface area contributed by atoms with E-state index in [2.05, 4.69) is 9.98 Å². The number of halogens is 1. The highest BCUT2D eigenvalue weighted by Crippen LogP contribution is 2.21. The zero-order chi connectivity index (χ0) is 10.4. The first-order valence-corrected chi connectivity index (χ1v) is 5.30. The van der Waals surface area contributed by atoms with Crippen LogP contribution in [-0.2, 0) is 0 Å². The van der Waals surface area contributed by atoms with Crippen LogP contribution in [0.15, 0.2) is 39.1 Å². The van der Waals surface area contributed by atoms with E-state index in [4.69, 9.17) is 11.6 Å². The molecule has 0 amide bonds. The smallest absolute Gasteiger partial charge is 0.110 e. The van der Waals surface area contributed by atoms with Crippen LogP contribution in [0.3, 0.4) is 0 Å². The molecule has 4 heteroatoms. The molecule has 0 radical (unpaired) electrons. The molecule has 1 aromatic rings. The molecule has 0 fully saturated rings. The molecular weight excluding hydrogens is 216 g/mol. The maximum atomic E-state index is 5.77. The summed E-state index contributed by atoms with van der Waals surface area (Å²) in [4.78, 5) is 9.02. The van der Waals surface area contributed by atoms with Crippen LogP contribution in [0.25, 0.3) is 0 Å². The van der Waals surface area contributed by atoms with Gasteiger partial charge < -0.3 is 0 Å². The lowest BCUT2D eigenvalue weighted by Gasteiger charge is -1.98. The van der Waals surface area contributed by atoms with Gasteiger partial charge in [0.05, 0.1) is 5.04 Å². The minimum absolute atomic E-state index is 0.749. The van der Waals surface area contributed by atoms with Gasteiger partial charge in [-0.15, -0.1) is 0 Å². The van der Waals surface area contributed by atoms with Gasteiger partial charge >= 0.3 is 0 Å². The Morgan fingerprint density at radius 1 is 1.36 bits per heavy atom. The van der Waals surface area contributed by atoms with E-state index in [9.17, 15) is 0 Å². The van der Waals surface area contributed by atoms with Gasteiger partial charge in [-0.1, -0.05) is 23.4 Å². The molecule has 0 saturated carbocycles. The average Bonchev–Trinajstić information content (AvgIpc) is 2.18. The summed E-state index contributed by atoms with van der Waals surface area (Å²) >= 11 is 7.36. The molecule has 0 aliphatic heterocycles. The second kappa shape index (κ2) is 5.83. The molecule has 0 aliphatic rings. The standard InChI is InChI=1S/C10H11ClN2S/c1-8(13-7-12-2)14-10-5-3-9(11)4-6-10/h3-7H,1-2H3. The average molecular weight is 227 g/mol. The fourth-order valence-electron chi connectivity index (χ4n) is 0.839. The number of benzene rings is 1. The quantitative estimate of drug-likeness (QED) is 0.430. The minimum atomic E-state index is 0.749. The zero-order valence-electron chi connectivity index (χ0n) is 8.07. The van der Waals surface area contributed by atoms with Crippen LogP contribution in [-0.4, -0.2) is 18.4 Å². The van der Waals surface area contributed by atoms with Crippen LogP contribution < -0.4 is 0 Å². The molecule has 14 heavy (non-hydrogen) atoms. The Labute approximate surface area is 93.1 Å². The number of rotatable bonds is 2. The van der Waals surface area contributed by atoms with Crippen molar-refractivity contribution in [1.82, 2.24) is 0 Å². The first-order valence-electron chi connectivity index (χ1n) is 4.11. The summed E-state index contributed by atoms with van der Waals surface area (Å²) in [5, 5.41) is 1.71. The second-order valence-corrected chi connectivity index (χ2v) is 4.28. The lowest BCUT2D eigenvalue weighted by atomic mass is 10.4. The van der Waals surface area contributed by atoms with Crippen molar-refractivity contribution in [3.8, 4) is 0 Å². The minimum Gasteiger partial charge on any atom is -0.277 e. The Balaban J connectivity index is 2.65. The van der Waals surface area contributed by atoms with E-state index < -0.39 is 0 Å². The molecule has 0 aromatic heterocycles. The molecule has 0 spiro atoms. The molecule has 0 saturated heterocycles. The van der Waals surface area contributed by atoms with Crippen molar-refractivity contribution in [2.24, 2.45) is 9.98 Å². The van der Waals surface area contributed by atoms with Gasteiger partial charge in [0.25, 0.3) is 0 Å². The summed E-state index contributed by atoms with van der Waals surface area (Å²) in [6.45, 7) is 1.95. The van der Waals surface area contributed by atoms with E-state index in [0.717, 1.165) is 15.0 Å². The number of thioether (sulfide) groups is 1. The van der Waals surface area contributed by atoms with Crippen molar-refractivity contribution in [3.05, 3.63) is 29.3 Å². The predicted molar refractivity (Wildman–Crippen MR) is 64.8 cm³/mol. The van der Waals surface area contributed by atoms with Crippen LogP contribution >= 0.6 is 23.4 Å². The highest BCUT2D eigenvalue weighted by atomic mass is 35.5. The van der Waals surface area contributed by atoms with Gasteiger partial charge in [-0.05, 0) is 31.2 Å². The van der Waals surface area contributed by atoms with Crippen LogP contribution in [0.1, 0.15) is 6.92 Å². The van der Waals surface area contributed by atoms with Gasteiger partial charge in [-0.25, -0.2) is 4.99 Å². The molecular formula is C10H11ClN2S. The van der Waals surface area contributed by atoms with Gasteiger partial charge in [-0.2, -0.15) is 0 Å². The van der Waals surface area contributed by atoms with E-state index >= 15 is 0 Å². The van der Waals surface area contributed by atoms with E-state index in [-0.39, 0.29) is 0 Å². The van der Waals surface area contributed by atoms with E-state index in [0.29, 0.717) is 0 Å². The van der Waals surface area contributed by atoms with Crippen molar-refractivity contribution in [2.75, 3.05) is 7.05 Å². The third-order valence-corrected chi connectivity index (χ3v) is 2.59. The van der Waals surface area contributed by atoms with Crippen molar-refractivity contribution in [1.29, 1.82) is 0 Å². The molecule has 0 heterocycles. The summed E-state index contributed by atoms with van der Waals surface area (Å²) in [5.74, 6) is 0. The Bertz CT molecular complexity index is 344. The summed E-state index contributed by atoms with van der Waals surface area (Å²) < 4.78 is 0. The lowest BCUT2D eigenvalue weighted by molar-refractivity contribution is 1.44. The van der Waals surface area contributed by atoms with Gasteiger partial charge in [0.1, 0.15) is 6.34 Å². The van der Waals surface area contributed by atoms with E-state index in [1.807, 2.05) is 31.2 Å². The SMILES string of the molecule is CN=CN=C(C)Sc1ccc(Cl)cc1. The summed E-state index contributed by atoms with van der Waals surface area (Å²) in [5.41, 5.74) is 0. The van der Waals surface area contributed by atoms with Gasteiger partial charge in [0.2, 0.25) is 0 Å². The Hall–Kier alpha value is -0.800. The fraction of sp³-hybridized carbons (Fsp3) is 0.200. The monoisotopic (exact) mass is 226 g/mol. The van der Waals surface area contributed by atoms with Crippen LogP contribution in [0.2, 0.25) is 5.02 Å². The largest absolute Gasteiger partial charge is 0.277 e. The number of hydrogen-bond acceptors (Lipinski definition) is 2. The third kappa shape index (κ3) is 3.94. The Morgan fingerprint density at radius 3 is 2.57 bits per heavy atom.